The van der Waals surface area contributed by atoms with Gasteiger partial charge in [0.15, 0.2) is 0 Å². The van der Waals surface area contributed by atoms with E-state index in [1.54, 1.807) is 0 Å². The number of aliphatic hydroxyl groups is 1. The van der Waals surface area contributed by atoms with Gasteiger partial charge in [-0.25, -0.2) is 4.98 Å². The smallest absolute Gasteiger partial charge is 0.280 e. The Morgan fingerprint density at radius 3 is 2.67 bits per heavy atom. The summed E-state index contributed by atoms with van der Waals surface area (Å²) in [6, 6.07) is 10.3. The number of H-pyrrole nitrogens is 1. The molecule has 0 radical (unpaired) electrons. The van der Waals surface area contributed by atoms with E-state index in [2.05, 4.69) is 28.1 Å². The van der Waals surface area contributed by atoms with Crippen LogP contribution in [0.3, 0.4) is 0 Å². The first-order valence-corrected chi connectivity index (χ1v) is 6.68. The molecule has 3 heteroatoms. The van der Waals surface area contributed by atoms with E-state index in [4.69, 9.17) is 0 Å². The Morgan fingerprint density at radius 2 is 1.89 bits per heavy atom. The van der Waals surface area contributed by atoms with E-state index in [1.165, 1.54) is 19.3 Å². The number of fused-ring (bicyclic) bond motifs is 1. The largest absolute Gasteiger partial charge is 0.391 e. The summed E-state index contributed by atoms with van der Waals surface area (Å²) in [6.07, 6.45) is 3.80. The van der Waals surface area contributed by atoms with Crippen LogP contribution in [0.1, 0.15) is 24.8 Å². The van der Waals surface area contributed by atoms with Gasteiger partial charge in [-0.05, 0) is 31.4 Å². The van der Waals surface area contributed by atoms with Crippen molar-refractivity contribution in [3.63, 3.8) is 0 Å². The summed E-state index contributed by atoms with van der Waals surface area (Å²) in [5.41, 5.74) is 2.13. The number of anilines is 1. The summed E-state index contributed by atoms with van der Waals surface area (Å²) in [5, 5.41) is 10.7. The minimum Gasteiger partial charge on any atom is -0.391 e. The number of aliphatic hydroxyl groups excluding tert-OH is 1. The van der Waals surface area contributed by atoms with Gasteiger partial charge in [0.2, 0.25) is 0 Å². The van der Waals surface area contributed by atoms with Crippen molar-refractivity contribution < 1.29 is 10.1 Å². The van der Waals surface area contributed by atoms with Gasteiger partial charge in [-0.1, -0.05) is 18.2 Å². The fourth-order valence-electron chi connectivity index (χ4n) is 2.72. The first-order chi connectivity index (χ1) is 8.88. The Balaban J connectivity index is 2.08. The number of para-hydroxylation sites is 1. The normalized spacial score (nSPS) is 16.2. The van der Waals surface area contributed by atoms with Gasteiger partial charge in [0.25, 0.3) is 5.82 Å². The van der Waals surface area contributed by atoms with Crippen LogP contribution in [0.15, 0.2) is 30.3 Å². The van der Waals surface area contributed by atoms with Crippen molar-refractivity contribution in [3.8, 4) is 0 Å². The molecule has 1 aliphatic heterocycles. The van der Waals surface area contributed by atoms with E-state index >= 15 is 0 Å². The summed E-state index contributed by atoms with van der Waals surface area (Å²) < 4.78 is 0. The molecule has 0 saturated carbocycles. The molecule has 94 valence electrons. The molecule has 0 amide bonds. The van der Waals surface area contributed by atoms with E-state index in [1.807, 2.05) is 12.1 Å². The maximum atomic E-state index is 9.56. The first kappa shape index (κ1) is 11.5. The van der Waals surface area contributed by atoms with Crippen molar-refractivity contribution in [1.82, 2.24) is 0 Å². The van der Waals surface area contributed by atoms with Crippen LogP contribution in [0.25, 0.3) is 10.9 Å². The minimum absolute atomic E-state index is 0.0904. The third kappa shape index (κ3) is 2.06. The fraction of sp³-hybridized carbons (Fsp3) is 0.400. The number of hydrogen-bond acceptors (Lipinski definition) is 2. The highest BCUT2D eigenvalue weighted by molar-refractivity contribution is 5.77. The molecule has 3 nitrogen and oxygen atoms in total. The molecule has 1 aromatic heterocycles. The van der Waals surface area contributed by atoms with Crippen LogP contribution >= 0.6 is 0 Å². The number of aromatic nitrogens is 1. The lowest BCUT2D eigenvalue weighted by molar-refractivity contribution is -0.331. The standard InChI is InChI=1S/C15H18N2O/c18-11-13-10-12-6-2-3-7-14(12)16-15(13)17-8-4-1-5-9-17/h2-3,6-7,10,18H,1,4-5,8-9,11H2/p+1. The summed E-state index contributed by atoms with van der Waals surface area (Å²) in [6.45, 7) is 2.26. The van der Waals surface area contributed by atoms with Crippen LogP contribution in [0.2, 0.25) is 0 Å². The molecule has 3 rings (SSSR count). The van der Waals surface area contributed by atoms with Gasteiger partial charge >= 0.3 is 0 Å². The Morgan fingerprint density at radius 1 is 1.11 bits per heavy atom. The van der Waals surface area contributed by atoms with Crippen LogP contribution in [0, 0.1) is 0 Å². The molecule has 1 saturated heterocycles. The maximum Gasteiger partial charge on any atom is 0.280 e. The van der Waals surface area contributed by atoms with Crippen molar-refractivity contribution >= 4 is 16.7 Å². The van der Waals surface area contributed by atoms with Gasteiger partial charge in [0.1, 0.15) is 5.52 Å². The molecule has 2 aromatic rings. The second-order valence-electron chi connectivity index (χ2n) is 4.94. The maximum absolute atomic E-state index is 9.56. The molecule has 0 atom stereocenters. The average Bonchev–Trinajstić information content (AvgIpc) is 2.46. The van der Waals surface area contributed by atoms with E-state index in [0.717, 1.165) is 35.4 Å². The van der Waals surface area contributed by atoms with Gasteiger partial charge in [-0.15, -0.1) is 0 Å². The van der Waals surface area contributed by atoms with Crippen LogP contribution in [0.4, 0.5) is 5.82 Å². The summed E-state index contributed by atoms with van der Waals surface area (Å²) in [5.74, 6) is 1.09. The summed E-state index contributed by atoms with van der Waals surface area (Å²) in [4.78, 5) is 5.84. The minimum atomic E-state index is 0.0904. The topological polar surface area (TPSA) is 37.6 Å². The Kier molecular flexibility index (Phi) is 3.15. The zero-order chi connectivity index (χ0) is 12.4. The number of aromatic amines is 1. The van der Waals surface area contributed by atoms with Crippen molar-refractivity contribution in [1.29, 1.82) is 0 Å². The Bertz CT molecular complexity index is 547. The van der Waals surface area contributed by atoms with Gasteiger partial charge in [-0.2, -0.15) is 0 Å². The molecule has 1 aliphatic rings. The summed E-state index contributed by atoms with van der Waals surface area (Å²) in [7, 11) is 0. The van der Waals surface area contributed by atoms with E-state index in [-0.39, 0.29) is 6.61 Å². The van der Waals surface area contributed by atoms with Crippen LogP contribution in [0.5, 0.6) is 0 Å². The highest BCUT2D eigenvalue weighted by Crippen LogP contribution is 2.22. The van der Waals surface area contributed by atoms with Gasteiger partial charge in [0.05, 0.1) is 25.3 Å². The zero-order valence-electron chi connectivity index (χ0n) is 10.5. The quantitative estimate of drug-likeness (QED) is 0.877. The van der Waals surface area contributed by atoms with E-state index in [0.29, 0.717) is 0 Å². The number of pyridine rings is 1. The predicted molar refractivity (Wildman–Crippen MR) is 72.5 cm³/mol. The molecule has 2 N–H and O–H groups in total. The van der Waals surface area contributed by atoms with Crippen LogP contribution < -0.4 is 9.88 Å². The number of piperidine rings is 1. The first-order valence-electron chi connectivity index (χ1n) is 6.68. The molecular weight excluding hydrogens is 224 g/mol. The zero-order valence-corrected chi connectivity index (χ0v) is 10.5. The van der Waals surface area contributed by atoms with Crippen LogP contribution in [-0.4, -0.2) is 18.2 Å². The Hall–Kier alpha value is -1.61. The second-order valence-corrected chi connectivity index (χ2v) is 4.94. The molecule has 18 heavy (non-hydrogen) atoms. The van der Waals surface area contributed by atoms with Crippen LogP contribution in [-0.2, 0) is 6.61 Å². The lowest BCUT2D eigenvalue weighted by Crippen LogP contribution is -2.35. The molecule has 0 bridgehead atoms. The molecule has 0 unspecified atom stereocenters. The third-order valence-corrected chi connectivity index (χ3v) is 3.69. The monoisotopic (exact) mass is 243 g/mol. The van der Waals surface area contributed by atoms with Crippen molar-refractivity contribution in [2.45, 2.75) is 25.9 Å². The average molecular weight is 243 g/mol. The highest BCUT2D eigenvalue weighted by atomic mass is 16.3. The van der Waals surface area contributed by atoms with Gasteiger partial charge < -0.3 is 5.11 Å². The van der Waals surface area contributed by atoms with Gasteiger partial charge in [0, 0.05) is 5.39 Å². The Labute approximate surface area is 107 Å². The highest BCUT2D eigenvalue weighted by Gasteiger charge is 2.22. The van der Waals surface area contributed by atoms with Crippen molar-refractivity contribution in [2.24, 2.45) is 0 Å². The van der Waals surface area contributed by atoms with E-state index < -0.39 is 0 Å². The fourth-order valence-corrected chi connectivity index (χ4v) is 2.72. The SMILES string of the molecule is OCc1cc2ccccc2[nH+]c1N1CCCCC1. The number of hydrogen-bond donors (Lipinski definition) is 1. The number of rotatable bonds is 2. The molecular formula is C15H19N2O+. The molecule has 0 aliphatic carbocycles. The molecule has 1 aromatic carbocycles. The third-order valence-electron chi connectivity index (χ3n) is 3.69. The lowest BCUT2D eigenvalue weighted by atomic mass is 10.1. The predicted octanol–water partition coefficient (Wildman–Crippen LogP) is 2.14. The number of nitrogens with one attached hydrogen (secondary N) is 1. The number of benzene rings is 1. The van der Waals surface area contributed by atoms with E-state index in [9.17, 15) is 5.11 Å². The lowest BCUT2D eigenvalue weighted by Gasteiger charge is -2.22. The number of nitrogens with zero attached hydrogens (tertiary/aromatic N) is 1. The van der Waals surface area contributed by atoms with Crippen molar-refractivity contribution in [2.75, 3.05) is 18.0 Å². The second kappa shape index (κ2) is 4.94. The van der Waals surface area contributed by atoms with Gasteiger partial charge in [-0.3, -0.25) is 4.90 Å². The molecule has 1 fully saturated rings. The van der Waals surface area contributed by atoms with Crippen molar-refractivity contribution in [3.05, 3.63) is 35.9 Å². The molecule has 0 spiro atoms. The molecule has 2 heterocycles. The summed E-state index contributed by atoms with van der Waals surface area (Å²) >= 11 is 0.